The van der Waals surface area contributed by atoms with Gasteiger partial charge in [0.25, 0.3) is 0 Å². The summed E-state index contributed by atoms with van der Waals surface area (Å²) in [5.41, 5.74) is 1.36. The first-order valence-corrected chi connectivity index (χ1v) is 5.17. The van der Waals surface area contributed by atoms with Crippen molar-refractivity contribution in [2.75, 3.05) is 13.1 Å². The van der Waals surface area contributed by atoms with Crippen molar-refractivity contribution >= 4 is 11.6 Å². The molecule has 0 aromatic heterocycles. The number of hydrogen-bond donors (Lipinski definition) is 1. The van der Waals surface area contributed by atoms with Crippen LogP contribution in [0.1, 0.15) is 12.0 Å². The van der Waals surface area contributed by atoms with Crippen molar-refractivity contribution in [3.05, 3.63) is 34.9 Å². The fourth-order valence-corrected chi connectivity index (χ4v) is 2.10. The van der Waals surface area contributed by atoms with E-state index < -0.39 is 0 Å². The fourth-order valence-electron chi connectivity index (χ4n) is 1.89. The Morgan fingerprint density at radius 3 is 3.08 bits per heavy atom. The van der Waals surface area contributed by atoms with Gasteiger partial charge in [0.1, 0.15) is 0 Å². The highest BCUT2D eigenvalue weighted by atomic mass is 35.5. The van der Waals surface area contributed by atoms with Crippen molar-refractivity contribution in [2.45, 2.75) is 12.8 Å². The molecule has 1 nitrogen and oxygen atoms in total. The number of hydrogen-bond acceptors (Lipinski definition) is 1. The van der Waals surface area contributed by atoms with Crippen molar-refractivity contribution in [1.29, 1.82) is 0 Å². The molecule has 0 amide bonds. The predicted octanol–water partition coefficient (Wildman–Crippen LogP) is 2.49. The van der Waals surface area contributed by atoms with Gasteiger partial charge in [-0.15, -0.1) is 0 Å². The molecule has 0 radical (unpaired) electrons. The quantitative estimate of drug-likeness (QED) is 0.765. The second kappa shape index (κ2) is 4.12. The summed E-state index contributed by atoms with van der Waals surface area (Å²) >= 11 is 5.91. The SMILES string of the molecule is Clc1cccc(C[C@H]2CCNC2)c1. The van der Waals surface area contributed by atoms with E-state index in [9.17, 15) is 0 Å². The topological polar surface area (TPSA) is 12.0 Å². The summed E-state index contributed by atoms with van der Waals surface area (Å²) < 4.78 is 0. The Hall–Kier alpha value is -0.530. The van der Waals surface area contributed by atoms with Crippen LogP contribution in [0, 0.1) is 5.92 Å². The van der Waals surface area contributed by atoms with Crippen LogP contribution < -0.4 is 5.32 Å². The minimum atomic E-state index is 0.804. The van der Waals surface area contributed by atoms with E-state index in [0.717, 1.165) is 23.9 Å². The highest BCUT2D eigenvalue weighted by Crippen LogP contribution is 2.17. The minimum Gasteiger partial charge on any atom is -0.316 e. The average molecular weight is 196 g/mol. The Kier molecular flexibility index (Phi) is 2.87. The van der Waals surface area contributed by atoms with Gasteiger partial charge in [0, 0.05) is 5.02 Å². The standard InChI is InChI=1S/C11H14ClN/c12-11-3-1-2-9(7-11)6-10-4-5-13-8-10/h1-3,7,10,13H,4-6,8H2/t10-/m1/s1. The summed E-state index contributed by atoms with van der Waals surface area (Å²) in [6, 6.07) is 8.18. The van der Waals surface area contributed by atoms with Gasteiger partial charge in [-0.1, -0.05) is 23.7 Å². The first-order valence-electron chi connectivity index (χ1n) is 4.80. The second-order valence-corrected chi connectivity index (χ2v) is 4.13. The average Bonchev–Trinajstić information content (AvgIpc) is 2.57. The third-order valence-electron chi connectivity index (χ3n) is 2.58. The van der Waals surface area contributed by atoms with Gasteiger partial charge < -0.3 is 5.32 Å². The Balaban J connectivity index is 2.00. The summed E-state index contributed by atoms with van der Waals surface area (Å²) in [6.45, 7) is 2.33. The van der Waals surface area contributed by atoms with Crippen LogP contribution in [0.3, 0.4) is 0 Å². The zero-order valence-corrected chi connectivity index (χ0v) is 8.35. The normalized spacial score (nSPS) is 22.1. The molecule has 0 bridgehead atoms. The van der Waals surface area contributed by atoms with Crippen molar-refractivity contribution in [1.82, 2.24) is 5.32 Å². The van der Waals surface area contributed by atoms with Gasteiger partial charge in [-0.2, -0.15) is 0 Å². The van der Waals surface area contributed by atoms with Crippen molar-refractivity contribution in [3.63, 3.8) is 0 Å². The van der Waals surface area contributed by atoms with Crippen molar-refractivity contribution in [3.8, 4) is 0 Å². The van der Waals surface area contributed by atoms with Gasteiger partial charge in [-0.25, -0.2) is 0 Å². The highest BCUT2D eigenvalue weighted by Gasteiger charge is 2.14. The first kappa shape index (κ1) is 9.04. The third-order valence-corrected chi connectivity index (χ3v) is 2.81. The lowest BCUT2D eigenvalue weighted by Gasteiger charge is -2.07. The molecule has 0 aliphatic carbocycles. The number of rotatable bonds is 2. The van der Waals surface area contributed by atoms with Gasteiger partial charge in [0.15, 0.2) is 0 Å². The molecule has 1 aliphatic rings. The van der Waals surface area contributed by atoms with Crippen LogP contribution >= 0.6 is 11.6 Å². The van der Waals surface area contributed by atoms with Gasteiger partial charge in [0.05, 0.1) is 0 Å². The van der Waals surface area contributed by atoms with E-state index >= 15 is 0 Å². The number of benzene rings is 1. The van der Waals surface area contributed by atoms with Crippen LogP contribution in [-0.4, -0.2) is 13.1 Å². The van der Waals surface area contributed by atoms with Crippen molar-refractivity contribution in [2.24, 2.45) is 5.92 Å². The largest absolute Gasteiger partial charge is 0.316 e. The van der Waals surface area contributed by atoms with Crippen molar-refractivity contribution < 1.29 is 0 Å². The van der Waals surface area contributed by atoms with E-state index in [-0.39, 0.29) is 0 Å². The van der Waals surface area contributed by atoms with Crippen LogP contribution in [0.4, 0.5) is 0 Å². The Morgan fingerprint density at radius 2 is 2.38 bits per heavy atom. The van der Waals surface area contributed by atoms with Crippen LogP contribution in [-0.2, 0) is 6.42 Å². The lowest BCUT2D eigenvalue weighted by molar-refractivity contribution is 0.580. The smallest absolute Gasteiger partial charge is 0.0408 e. The molecule has 1 N–H and O–H groups in total. The van der Waals surface area contributed by atoms with Crippen LogP contribution in [0.2, 0.25) is 5.02 Å². The highest BCUT2D eigenvalue weighted by molar-refractivity contribution is 6.30. The zero-order chi connectivity index (χ0) is 9.10. The van der Waals surface area contributed by atoms with E-state index in [1.165, 1.54) is 18.5 Å². The molecule has 2 rings (SSSR count). The molecule has 1 atom stereocenters. The summed E-state index contributed by atoms with van der Waals surface area (Å²) in [5, 5.41) is 4.22. The van der Waals surface area contributed by atoms with Crippen LogP contribution in [0.15, 0.2) is 24.3 Å². The Labute approximate surface area is 84.1 Å². The summed E-state index contributed by atoms with van der Waals surface area (Å²) in [7, 11) is 0. The Morgan fingerprint density at radius 1 is 1.46 bits per heavy atom. The first-order chi connectivity index (χ1) is 6.34. The molecule has 70 valence electrons. The predicted molar refractivity (Wildman–Crippen MR) is 56.1 cm³/mol. The molecule has 1 aliphatic heterocycles. The molecule has 0 spiro atoms. The fraction of sp³-hybridized carbons (Fsp3) is 0.455. The lowest BCUT2D eigenvalue weighted by atomic mass is 9.99. The van der Waals surface area contributed by atoms with E-state index in [1.807, 2.05) is 12.1 Å². The summed E-state index contributed by atoms with van der Waals surface area (Å²) in [6.07, 6.45) is 2.46. The summed E-state index contributed by atoms with van der Waals surface area (Å²) in [4.78, 5) is 0. The maximum atomic E-state index is 5.91. The van der Waals surface area contributed by atoms with E-state index in [2.05, 4.69) is 17.4 Å². The molecule has 2 heteroatoms. The molecular weight excluding hydrogens is 182 g/mol. The lowest BCUT2D eigenvalue weighted by Crippen LogP contribution is -2.10. The van der Waals surface area contributed by atoms with Gasteiger partial charge in [0.2, 0.25) is 0 Å². The minimum absolute atomic E-state index is 0.804. The van der Waals surface area contributed by atoms with E-state index in [0.29, 0.717) is 0 Å². The molecule has 1 aromatic rings. The monoisotopic (exact) mass is 195 g/mol. The molecule has 1 aromatic carbocycles. The molecule has 0 saturated carbocycles. The van der Waals surface area contributed by atoms with E-state index in [4.69, 9.17) is 11.6 Å². The van der Waals surface area contributed by atoms with Crippen LogP contribution in [0.5, 0.6) is 0 Å². The molecule has 1 fully saturated rings. The number of halogens is 1. The summed E-state index contributed by atoms with van der Waals surface area (Å²) in [5.74, 6) is 0.804. The van der Waals surface area contributed by atoms with Gasteiger partial charge in [-0.05, 0) is 49.5 Å². The second-order valence-electron chi connectivity index (χ2n) is 3.69. The molecule has 1 heterocycles. The number of nitrogens with one attached hydrogen (secondary N) is 1. The van der Waals surface area contributed by atoms with Gasteiger partial charge in [-0.3, -0.25) is 0 Å². The maximum Gasteiger partial charge on any atom is 0.0408 e. The van der Waals surface area contributed by atoms with Gasteiger partial charge >= 0.3 is 0 Å². The van der Waals surface area contributed by atoms with Crippen LogP contribution in [0.25, 0.3) is 0 Å². The zero-order valence-electron chi connectivity index (χ0n) is 7.59. The molecule has 0 unspecified atom stereocenters. The van der Waals surface area contributed by atoms with E-state index in [1.54, 1.807) is 0 Å². The maximum absolute atomic E-state index is 5.91. The molecule has 1 saturated heterocycles. The molecule has 13 heavy (non-hydrogen) atoms. The third kappa shape index (κ3) is 2.45. The molecular formula is C11H14ClN. The Bertz CT molecular complexity index is 279.